The summed E-state index contributed by atoms with van der Waals surface area (Å²) in [7, 11) is 0. The van der Waals surface area contributed by atoms with E-state index in [0.717, 1.165) is 17.8 Å². The first-order valence-corrected chi connectivity index (χ1v) is 9.49. The monoisotopic (exact) mass is 419 g/mol. The molecule has 0 saturated heterocycles. The summed E-state index contributed by atoms with van der Waals surface area (Å²) in [5, 5.41) is 11.0. The van der Waals surface area contributed by atoms with Gasteiger partial charge in [0.2, 0.25) is 5.91 Å². The zero-order valence-corrected chi connectivity index (χ0v) is 16.2. The van der Waals surface area contributed by atoms with Crippen LogP contribution in [-0.4, -0.2) is 32.3 Å². The van der Waals surface area contributed by atoms with Gasteiger partial charge in [0, 0.05) is 43.5 Å². The largest absolute Gasteiger partial charge is 0.416 e. The van der Waals surface area contributed by atoms with Crippen LogP contribution in [0, 0.1) is 6.92 Å². The van der Waals surface area contributed by atoms with Crippen LogP contribution in [0.25, 0.3) is 0 Å². The van der Waals surface area contributed by atoms with E-state index in [-0.39, 0.29) is 18.1 Å². The van der Waals surface area contributed by atoms with Gasteiger partial charge in [-0.1, -0.05) is 11.2 Å². The molecule has 0 fully saturated rings. The van der Waals surface area contributed by atoms with Crippen molar-refractivity contribution in [3.05, 3.63) is 59.1 Å². The molecule has 4 rings (SSSR count). The summed E-state index contributed by atoms with van der Waals surface area (Å²) in [6.45, 7) is 3.20. The summed E-state index contributed by atoms with van der Waals surface area (Å²) in [5.41, 5.74) is 1.16. The van der Waals surface area contributed by atoms with Crippen LogP contribution in [0.1, 0.15) is 29.0 Å². The maximum atomic E-state index is 12.9. The van der Waals surface area contributed by atoms with Crippen LogP contribution in [0.3, 0.4) is 0 Å². The molecule has 1 aliphatic rings. The maximum Gasteiger partial charge on any atom is 0.416 e. The van der Waals surface area contributed by atoms with Gasteiger partial charge in [0.1, 0.15) is 5.76 Å². The van der Waals surface area contributed by atoms with Crippen LogP contribution >= 0.6 is 0 Å². The highest BCUT2D eigenvalue weighted by molar-refractivity contribution is 5.77. The summed E-state index contributed by atoms with van der Waals surface area (Å²) < 4.78 is 45.9. The van der Waals surface area contributed by atoms with E-state index in [2.05, 4.69) is 15.6 Å². The van der Waals surface area contributed by atoms with Crippen molar-refractivity contribution in [1.29, 1.82) is 0 Å². The molecule has 7 nitrogen and oxygen atoms in total. The number of nitrogens with one attached hydrogen (secondary N) is 1. The fourth-order valence-corrected chi connectivity index (χ4v) is 3.42. The molecule has 1 aromatic carbocycles. The maximum absolute atomic E-state index is 12.9. The summed E-state index contributed by atoms with van der Waals surface area (Å²) >= 11 is 0. The van der Waals surface area contributed by atoms with Crippen LogP contribution in [-0.2, 0) is 30.5 Å². The van der Waals surface area contributed by atoms with Gasteiger partial charge in [-0.25, -0.2) is 0 Å². The molecule has 1 N–H and O–H groups in total. The van der Waals surface area contributed by atoms with E-state index in [4.69, 9.17) is 4.52 Å². The number of fused-ring (bicyclic) bond motifs is 1. The van der Waals surface area contributed by atoms with Gasteiger partial charge in [0.25, 0.3) is 0 Å². The Morgan fingerprint density at radius 3 is 2.87 bits per heavy atom. The molecule has 3 aromatic rings. The average Bonchev–Trinajstić information content (AvgIpc) is 3.31. The molecule has 0 radical (unpaired) electrons. The van der Waals surface area contributed by atoms with Crippen LogP contribution in [0.2, 0.25) is 0 Å². The molecule has 3 heterocycles. The van der Waals surface area contributed by atoms with Gasteiger partial charge in [-0.3, -0.25) is 9.48 Å². The summed E-state index contributed by atoms with van der Waals surface area (Å²) in [6.07, 6.45) is -1.94. The van der Waals surface area contributed by atoms with E-state index in [0.29, 0.717) is 43.1 Å². The van der Waals surface area contributed by atoms with E-state index in [1.807, 2.05) is 13.0 Å². The Balaban J connectivity index is 1.45. The number of carbonyl (C=O) groups excluding carboxylic acids is 1. The normalized spacial score (nSPS) is 13.9. The zero-order chi connectivity index (χ0) is 21.3. The molecule has 2 aromatic heterocycles. The number of aromatic nitrogens is 3. The summed E-state index contributed by atoms with van der Waals surface area (Å²) in [5.74, 6) is 0.933. The fraction of sp³-hybridized carbons (Fsp3) is 0.350. The van der Waals surface area contributed by atoms with E-state index in [9.17, 15) is 18.0 Å². The van der Waals surface area contributed by atoms with Crippen molar-refractivity contribution in [3.63, 3.8) is 0 Å². The molecule has 1 amide bonds. The van der Waals surface area contributed by atoms with Crippen molar-refractivity contribution >= 4 is 17.4 Å². The van der Waals surface area contributed by atoms with E-state index >= 15 is 0 Å². The minimum absolute atomic E-state index is 0.0261. The number of rotatable bonds is 5. The van der Waals surface area contributed by atoms with Crippen LogP contribution in [0.5, 0.6) is 0 Å². The van der Waals surface area contributed by atoms with Crippen molar-refractivity contribution in [2.75, 3.05) is 11.9 Å². The highest BCUT2D eigenvalue weighted by Gasteiger charge is 2.31. The molecule has 0 spiro atoms. The third kappa shape index (κ3) is 4.17. The molecule has 0 atom stereocenters. The van der Waals surface area contributed by atoms with E-state index < -0.39 is 11.7 Å². The van der Waals surface area contributed by atoms with Crippen molar-refractivity contribution in [1.82, 2.24) is 19.8 Å². The first-order chi connectivity index (χ1) is 14.3. The second-order valence-corrected chi connectivity index (χ2v) is 7.15. The van der Waals surface area contributed by atoms with Crippen molar-refractivity contribution in [2.45, 2.75) is 39.0 Å². The summed E-state index contributed by atoms with van der Waals surface area (Å²) in [6, 6.07) is 6.74. The molecule has 158 valence electrons. The number of alkyl halides is 3. The van der Waals surface area contributed by atoms with Gasteiger partial charge in [-0.05, 0) is 31.2 Å². The quantitative estimate of drug-likeness (QED) is 0.679. The fourth-order valence-electron chi connectivity index (χ4n) is 3.42. The topological polar surface area (TPSA) is 76.2 Å². The van der Waals surface area contributed by atoms with Gasteiger partial charge in [0.05, 0.1) is 17.7 Å². The molecule has 1 aliphatic heterocycles. The zero-order valence-electron chi connectivity index (χ0n) is 16.2. The van der Waals surface area contributed by atoms with E-state index in [1.54, 1.807) is 15.8 Å². The Hall–Kier alpha value is -3.30. The van der Waals surface area contributed by atoms with Crippen molar-refractivity contribution in [3.8, 4) is 0 Å². The van der Waals surface area contributed by atoms with Gasteiger partial charge >= 0.3 is 6.18 Å². The van der Waals surface area contributed by atoms with Gasteiger partial charge in [0.15, 0.2) is 5.82 Å². The van der Waals surface area contributed by atoms with Crippen molar-refractivity contribution in [2.24, 2.45) is 0 Å². The minimum atomic E-state index is -4.43. The Kier molecular flexibility index (Phi) is 5.23. The van der Waals surface area contributed by atoms with Gasteiger partial charge in [-0.2, -0.15) is 18.3 Å². The standard InChI is InChI=1S/C20H20F3N5O2/c1-13-5-8-24-28(13)10-7-18(29)27-9-6-17-16(12-27)19(26-30-17)25-15-4-2-3-14(11-15)20(21,22)23/h2-5,8,11H,6-7,9-10,12H2,1H3,(H,25,26). The number of halogens is 3. The molecule has 0 saturated carbocycles. The van der Waals surface area contributed by atoms with Gasteiger partial charge in [-0.15, -0.1) is 0 Å². The SMILES string of the molecule is Cc1ccnn1CCC(=O)N1CCc2onc(Nc3cccc(C(F)(F)F)c3)c2C1. The highest BCUT2D eigenvalue weighted by Crippen LogP contribution is 2.33. The number of amides is 1. The number of nitrogens with zero attached hydrogens (tertiary/aromatic N) is 4. The molecule has 10 heteroatoms. The molecular formula is C20H20F3N5O2. The third-order valence-corrected chi connectivity index (χ3v) is 5.10. The molecule has 0 bridgehead atoms. The second-order valence-electron chi connectivity index (χ2n) is 7.15. The molecule has 30 heavy (non-hydrogen) atoms. The van der Waals surface area contributed by atoms with E-state index in [1.165, 1.54) is 12.1 Å². The number of hydrogen-bond donors (Lipinski definition) is 1. The average molecular weight is 419 g/mol. The molecule has 0 aliphatic carbocycles. The lowest BCUT2D eigenvalue weighted by molar-refractivity contribution is -0.137. The number of aryl methyl sites for hydroxylation is 2. The number of hydrogen-bond acceptors (Lipinski definition) is 5. The highest BCUT2D eigenvalue weighted by atomic mass is 19.4. The smallest absolute Gasteiger partial charge is 0.359 e. The number of anilines is 2. The van der Waals surface area contributed by atoms with Crippen LogP contribution in [0.4, 0.5) is 24.7 Å². The predicted molar refractivity (Wildman–Crippen MR) is 102 cm³/mol. The molecule has 0 unspecified atom stereocenters. The first kappa shape index (κ1) is 20.0. The second kappa shape index (κ2) is 7.85. The third-order valence-electron chi connectivity index (χ3n) is 5.10. The minimum Gasteiger partial charge on any atom is -0.359 e. The molecular weight excluding hydrogens is 399 g/mol. The number of benzene rings is 1. The lowest BCUT2D eigenvalue weighted by Crippen LogP contribution is -2.36. The Morgan fingerprint density at radius 1 is 1.30 bits per heavy atom. The predicted octanol–water partition coefficient (Wildman–Crippen LogP) is 3.92. The van der Waals surface area contributed by atoms with Gasteiger partial charge < -0.3 is 14.7 Å². The van der Waals surface area contributed by atoms with Crippen molar-refractivity contribution < 1.29 is 22.5 Å². The Labute approximate surface area is 170 Å². The summed E-state index contributed by atoms with van der Waals surface area (Å²) in [4.78, 5) is 14.4. The lowest BCUT2D eigenvalue weighted by atomic mass is 10.1. The van der Waals surface area contributed by atoms with Crippen LogP contribution < -0.4 is 5.32 Å². The first-order valence-electron chi connectivity index (χ1n) is 9.49. The Morgan fingerprint density at radius 2 is 2.13 bits per heavy atom. The number of carbonyl (C=O) groups is 1. The van der Waals surface area contributed by atoms with Crippen LogP contribution in [0.15, 0.2) is 41.1 Å². The lowest BCUT2D eigenvalue weighted by Gasteiger charge is -2.26. The Bertz CT molecular complexity index is 1060.